The van der Waals surface area contributed by atoms with E-state index in [1.165, 1.54) is 25.9 Å². The van der Waals surface area contributed by atoms with Gasteiger partial charge in [-0.1, -0.05) is 0 Å². The maximum absolute atomic E-state index is 10.9. The number of aromatic nitrogens is 1. The summed E-state index contributed by atoms with van der Waals surface area (Å²) in [5.74, 6) is -0.869. The maximum atomic E-state index is 10.9. The Bertz CT molecular complexity index is 597. The van der Waals surface area contributed by atoms with E-state index in [2.05, 4.69) is 9.47 Å². The molecule has 0 bridgehead atoms. The molecule has 0 unspecified atom stereocenters. The van der Waals surface area contributed by atoms with Crippen LogP contribution in [0.2, 0.25) is 0 Å². The van der Waals surface area contributed by atoms with Crippen LogP contribution in [0.3, 0.4) is 0 Å². The number of hydrogen-bond donors (Lipinski definition) is 1. The lowest BCUT2D eigenvalue weighted by Crippen LogP contribution is -2.23. The lowest BCUT2D eigenvalue weighted by Gasteiger charge is -2.15. The van der Waals surface area contributed by atoms with Gasteiger partial charge in [0.15, 0.2) is 0 Å². The van der Waals surface area contributed by atoms with Crippen LogP contribution < -0.4 is 0 Å². The van der Waals surface area contributed by atoms with Crippen molar-refractivity contribution in [1.29, 1.82) is 0 Å². The maximum Gasteiger partial charge on any atom is 0.335 e. The largest absolute Gasteiger partial charge is 0.478 e. The average Bonchev–Trinajstić information content (AvgIpc) is 3.05. The van der Waals surface area contributed by atoms with Crippen molar-refractivity contribution >= 4 is 16.9 Å². The summed E-state index contributed by atoms with van der Waals surface area (Å²) in [5.41, 5.74) is 1.47. The van der Waals surface area contributed by atoms with Crippen molar-refractivity contribution in [3.63, 3.8) is 0 Å². The summed E-state index contributed by atoms with van der Waals surface area (Å²) in [7, 11) is 0. The molecule has 2 heterocycles. The Morgan fingerprint density at radius 3 is 2.68 bits per heavy atom. The quantitative estimate of drug-likeness (QED) is 0.916. The Morgan fingerprint density at radius 1 is 1.16 bits per heavy atom. The minimum atomic E-state index is -0.869. The fourth-order valence-corrected chi connectivity index (χ4v) is 2.78. The molecule has 3 rings (SSSR count). The highest BCUT2D eigenvalue weighted by atomic mass is 16.4. The number of aromatic carboxylic acids is 1. The van der Waals surface area contributed by atoms with Crippen LogP contribution >= 0.6 is 0 Å². The fraction of sp³-hybridized carbons (Fsp3) is 0.400. The Morgan fingerprint density at radius 2 is 1.95 bits per heavy atom. The zero-order valence-electron chi connectivity index (χ0n) is 10.9. The molecule has 4 heteroatoms. The Hall–Kier alpha value is -1.81. The Balaban J connectivity index is 1.78. The summed E-state index contributed by atoms with van der Waals surface area (Å²) in [6, 6.07) is 7.32. The van der Waals surface area contributed by atoms with Gasteiger partial charge in [-0.2, -0.15) is 0 Å². The zero-order valence-corrected chi connectivity index (χ0v) is 10.9. The number of rotatable bonds is 4. The third-order valence-electron chi connectivity index (χ3n) is 3.87. The number of benzene rings is 1. The van der Waals surface area contributed by atoms with Gasteiger partial charge in [0.05, 0.1) is 5.56 Å². The van der Waals surface area contributed by atoms with E-state index in [9.17, 15) is 4.79 Å². The first-order valence-electron chi connectivity index (χ1n) is 6.78. The molecule has 0 amide bonds. The van der Waals surface area contributed by atoms with Crippen LogP contribution in [0.5, 0.6) is 0 Å². The summed E-state index contributed by atoms with van der Waals surface area (Å²) in [6.45, 7) is 4.46. The second-order valence-electron chi connectivity index (χ2n) is 5.14. The molecule has 0 radical (unpaired) electrons. The molecule has 0 atom stereocenters. The molecule has 1 aromatic carbocycles. The second kappa shape index (κ2) is 5.05. The van der Waals surface area contributed by atoms with Gasteiger partial charge in [0.2, 0.25) is 0 Å². The molecule has 1 fully saturated rings. The highest BCUT2D eigenvalue weighted by Crippen LogP contribution is 2.18. The van der Waals surface area contributed by atoms with E-state index in [-0.39, 0.29) is 0 Å². The number of carboxylic acids is 1. The molecule has 1 aliphatic heterocycles. The Labute approximate surface area is 112 Å². The summed E-state index contributed by atoms with van der Waals surface area (Å²) >= 11 is 0. The lowest BCUT2D eigenvalue weighted by atomic mass is 10.1. The first kappa shape index (κ1) is 12.2. The lowest BCUT2D eigenvalue weighted by molar-refractivity contribution is 0.0697. The third-order valence-corrected chi connectivity index (χ3v) is 3.87. The van der Waals surface area contributed by atoms with Crippen LogP contribution in [0.1, 0.15) is 23.2 Å². The van der Waals surface area contributed by atoms with Gasteiger partial charge >= 0.3 is 5.97 Å². The molecule has 1 aliphatic rings. The summed E-state index contributed by atoms with van der Waals surface area (Å²) in [5, 5.41) is 9.99. The number of carboxylic acid groups (broad SMARTS) is 1. The molecular formula is C15H18N2O2. The van der Waals surface area contributed by atoms with E-state index in [1.54, 1.807) is 12.1 Å². The van der Waals surface area contributed by atoms with Crippen molar-refractivity contribution in [3.05, 3.63) is 36.0 Å². The fourth-order valence-electron chi connectivity index (χ4n) is 2.78. The minimum absolute atomic E-state index is 0.352. The second-order valence-corrected chi connectivity index (χ2v) is 5.14. The number of likely N-dealkylation sites (tertiary alicyclic amines) is 1. The monoisotopic (exact) mass is 258 g/mol. The van der Waals surface area contributed by atoms with Crippen LogP contribution in [-0.2, 0) is 6.54 Å². The van der Waals surface area contributed by atoms with Crippen molar-refractivity contribution in [3.8, 4) is 0 Å². The van der Waals surface area contributed by atoms with Crippen LogP contribution in [-0.4, -0.2) is 40.2 Å². The average molecular weight is 258 g/mol. The van der Waals surface area contributed by atoms with Gasteiger partial charge < -0.3 is 14.6 Å². The molecular weight excluding hydrogens is 240 g/mol. The van der Waals surface area contributed by atoms with E-state index in [4.69, 9.17) is 5.11 Å². The van der Waals surface area contributed by atoms with Gasteiger partial charge in [-0.25, -0.2) is 4.79 Å². The van der Waals surface area contributed by atoms with Gasteiger partial charge in [0.1, 0.15) is 0 Å². The van der Waals surface area contributed by atoms with Gasteiger partial charge in [0, 0.05) is 30.2 Å². The van der Waals surface area contributed by atoms with Gasteiger partial charge in [-0.15, -0.1) is 0 Å². The van der Waals surface area contributed by atoms with Crippen molar-refractivity contribution in [1.82, 2.24) is 9.47 Å². The minimum Gasteiger partial charge on any atom is -0.478 e. The van der Waals surface area contributed by atoms with Gasteiger partial charge in [0.25, 0.3) is 0 Å². The van der Waals surface area contributed by atoms with Crippen LogP contribution in [0.4, 0.5) is 0 Å². The SMILES string of the molecule is O=C(O)c1ccc2c(ccn2CCN2CCCC2)c1. The topological polar surface area (TPSA) is 45.5 Å². The highest BCUT2D eigenvalue weighted by Gasteiger charge is 2.12. The number of fused-ring (bicyclic) bond motifs is 1. The molecule has 1 N–H and O–H groups in total. The van der Waals surface area contributed by atoms with Crippen molar-refractivity contribution < 1.29 is 9.90 Å². The smallest absolute Gasteiger partial charge is 0.335 e. The predicted molar refractivity (Wildman–Crippen MR) is 74.6 cm³/mol. The molecule has 0 saturated carbocycles. The van der Waals surface area contributed by atoms with Gasteiger partial charge in [-0.3, -0.25) is 0 Å². The molecule has 1 aromatic heterocycles. The summed E-state index contributed by atoms with van der Waals surface area (Å²) < 4.78 is 2.21. The van der Waals surface area contributed by atoms with Crippen molar-refractivity contribution in [2.45, 2.75) is 19.4 Å². The normalized spacial score (nSPS) is 16.2. The molecule has 0 spiro atoms. The zero-order chi connectivity index (χ0) is 13.2. The van der Waals surface area contributed by atoms with E-state index in [0.717, 1.165) is 24.0 Å². The van der Waals surface area contributed by atoms with E-state index in [0.29, 0.717) is 5.56 Å². The van der Waals surface area contributed by atoms with Crippen molar-refractivity contribution in [2.75, 3.05) is 19.6 Å². The summed E-state index contributed by atoms with van der Waals surface area (Å²) in [4.78, 5) is 13.4. The van der Waals surface area contributed by atoms with Crippen LogP contribution in [0.15, 0.2) is 30.5 Å². The highest BCUT2D eigenvalue weighted by molar-refractivity contribution is 5.93. The summed E-state index contributed by atoms with van der Waals surface area (Å²) in [6.07, 6.45) is 4.68. The molecule has 1 saturated heterocycles. The number of hydrogen-bond acceptors (Lipinski definition) is 2. The molecule has 19 heavy (non-hydrogen) atoms. The standard InChI is InChI=1S/C15H18N2O2/c18-15(19)13-3-4-14-12(11-13)5-8-17(14)10-9-16-6-1-2-7-16/h3-5,8,11H,1-2,6-7,9-10H2,(H,18,19). The van der Waals surface area contributed by atoms with E-state index < -0.39 is 5.97 Å². The Kier molecular flexibility index (Phi) is 3.25. The van der Waals surface area contributed by atoms with E-state index >= 15 is 0 Å². The predicted octanol–water partition coefficient (Wildman–Crippen LogP) is 2.44. The number of nitrogens with zero attached hydrogens (tertiary/aromatic N) is 2. The molecule has 2 aromatic rings. The molecule has 0 aliphatic carbocycles. The van der Waals surface area contributed by atoms with Gasteiger partial charge in [-0.05, 0) is 50.2 Å². The molecule has 4 nitrogen and oxygen atoms in total. The van der Waals surface area contributed by atoms with E-state index in [1.807, 2.05) is 18.3 Å². The first-order valence-corrected chi connectivity index (χ1v) is 6.78. The number of carbonyl (C=O) groups is 1. The third kappa shape index (κ3) is 2.49. The van der Waals surface area contributed by atoms with Crippen LogP contribution in [0, 0.1) is 0 Å². The molecule has 100 valence electrons. The van der Waals surface area contributed by atoms with Crippen molar-refractivity contribution in [2.24, 2.45) is 0 Å². The first-order chi connectivity index (χ1) is 9.24. The van der Waals surface area contributed by atoms with Crippen LogP contribution in [0.25, 0.3) is 10.9 Å².